The van der Waals surface area contributed by atoms with Crippen molar-refractivity contribution in [1.82, 2.24) is 0 Å². The van der Waals surface area contributed by atoms with E-state index in [0.29, 0.717) is 0 Å². The Bertz CT molecular complexity index is 821. The molecule has 0 saturated heterocycles. The highest BCUT2D eigenvalue weighted by Gasteiger charge is 2.22. The molecule has 1 heterocycles. The van der Waals surface area contributed by atoms with Gasteiger partial charge in [0.2, 0.25) is 0 Å². The Morgan fingerprint density at radius 3 is 1.79 bits per heavy atom. The second-order valence-electron chi connectivity index (χ2n) is 8.09. The number of unbranched alkanes of at least 4 members (excludes halogenated alkanes) is 2. The first-order valence-electron chi connectivity index (χ1n) is 10.6. The van der Waals surface area contributed by atoms with E-state index < -0.39 is 0 Å². The highest BCUT2D eigenvalue weighted by atomic mass is 32.2. The third-order valence-corrected chi connectivity index (χ3v) is 6.57. The van der Waals surface area contributed by atoms with Crippen LogP contribution in [0.15, 0.2) is 34.1 Å². The quantitative estimate of drug-likeness (QED) is 0.441. The Hall–Kier alpha value is -1.81. The Kier molecular flexibility index (Phi) is 6.82. The number of hydrogen-bond acceptors (Lipinski definition) is 4. The minimum atomic E-state index is 1.15. The molecule has 152 valence electrons. The Morgan fingerprint density at radius 2 is 1.29 bits per heavy atom. The Morgan fingerprint density at radius 1 is 0.786 bits per heavy atom. The summed E-state index contributed by atoms with van der Waals surface area (Å²) in [6, 6.07) is 9.33. The van der Waals surface area contributed by atoms with Gasteiger partial charge in [-0.2, -0.15) is 0 Å². The highest BCUT2D eigenvalue weighted by Crippen LogP contribution is 2.49. The lowest BCUT2D eigenvalue weighted by molar-refractivity contribution is 0.677. The van der Waals surface area contributed by atoms with Crippen LogP contribution in [0.5, 0.6) is 0 Å². The molecule has 0 spiro atoms. The van der Waals surface area contributed by atoms with Crippen LogP contribution >= 0.6 is 11.8 Å². The predicted octanol–water partition coefficient (Wildman–Crippen LogP) is 6.98. The summed E-state index contributed by atoms with van der Waals surface area (Å²) in [5, 5.41) is 3.74. The van der Waals surface area contributed by atoms with Crippen LogP contribution in [0, 0.1) is 13.8 Å². The minimum Gasteiger partial charge on any atom is -0.378 e. The van der Waals surface area contributed by atoms with Crippen LogP contribution in [0.4, 0.5) is 22.7 Å². The fourth-order valence-electron chi connectivity index (χ4n) is 3.71. The van der Waals surface area contributed by atoms with Crippen molar-refractivity contribution in [2.75, 3.05) is 42.3 Å². The number of rotatable bonds is 8. The van der Waals surface area contributed by atoms with Crippen molar-refractivity contribution in [2.45, 2.75) is 63.2 Å². The minimum absolute atomic E-state index is 1.15. The topological polar surface area (TPSA) is 18.5 Å². The normalized spacial score (nSPS) is 12.2. The summed E-state index contributed by atoms with van der Waals surface area (Å²) in [4.78, 5) is 7.43. The van der Waals surface area contributed by atoms with Crippen molar-refractivity contribution in [3.63, 3.8) is 0 Å². The van der Waals surface area contributed by atoms with Gasteiger partial charge in [-0.3, -0.25) is 0 Å². The molecule has 3 rings (SSSR count). The van der Waals surface area contributed by atoms with Gasteiger partial charge in [0.1, 0.15) is 0 Å². The fourth-order valence-corrected chi connectivity index (χ4v) is 4.93. The summed E-state index contributed by atoms with van der Waals surface area (Å²) in [7, 11) is 4.22. The lowest BCUT2D eigenvalue weighted by Crippen LogP contribution is -2.26. The monoisotopic (exact) mass is 397 g/mol. The Balaban J connectivity index is 1.95. The van der Waals surface area contributed by atoms with E-state index in [4.69, 9.17) is 0 Å². The molecule has 0 aromatic heterocycles. The first-order chi connectivity index (χ1) is 13.4. The van der Waals surface area contributed by atoms with E-state index in [-0.39, 0.29) is 0 Å². The molecule has 4 heteroatoms. The number of anilines is 4. The molecule has 1 aliphatic heterocycles. The summed E-state index contributed by atoms with van der Waals surface area (Å²) in [5.41, 5.74) is 7.79. The molecule has 28 heavy (non-hydrogen) atoms. The Labute approximate surface area is 175 Å². The molecular formula is C24H35N3S. The molecular weight excluding hydrogens is 362 g/mol. The molecule has 1 aliphatic rings. The maximum atomic E-state index is 3.74. The lowest BCUT2D eigenvalue weighted by Gasteiger charge is -2.30. The molecule has 1 N–H and O–H groups in total. The standard InChI is InChI=1S/C24H35N3S/c1-7-9-11-27(12-10-8-2)20-14-18(4)24-22(16-20)28-21-15-19(26(5)6)13-17(3)23(21)25-24/h13-16,25H,7-12H2,1-6H3. The van der Waals surface area contributed by atoms with Crippen LogP contribution in [0.3, 0.4) is 0 Å². The molecule has 0 bridgehead atoms. The van der Waals surface area contributed by atoms with Gasteiger partial charge in [-0.15, -0.1) is 0 Å². The van der Waals surface area contributed by atoms with E-state index in [1.54, 1.807) is 0 Å². The number of nitrogens with one attached hydrogen (secondary N) is 1. The maximum absolute atomic E-state index is 3.74. The summed E-state index contributed by atoms with van der Waals surface area (Å²) < 4.78 is 0. The van der Waals surface area contributed by atoms with Crippen LogP contribution < -0.4 is 15.1 Å². The first-order valence-corrected chi connectivity index (χ1v) is 11.4. The van der Waals surface area contributed by atoms with E-state index in [2.05, 4.69) is 81.2 Å². The average molecular weight is 398 g/mol. The van der Waals surface area contributed by atoms with Gasteiger partial charge in [-0.05, 0) is 62.1 Å². The van der Waals surface area contributed by atoms with Crippen molar-refractivity contribution < 1.29 is 0 Å². The van der Waals surface area contributed by atoms with Crippen molar-refractivity contribution in [1.29, 1.82) is 0 Å². The van der Waals surface area contributed by atoms with Crippen molar-refractivity contribution in [3.05, 3.63) is 35.4 Å². The summed E-state index contributed by atoms with van der Waals surface area (Å²) in [6.45, 7) is 11.3. The van der Waals surface area contributed by atoms with E-state index in [1.807, 2.05) is 11.8 Å². The van der Waals surface area contributed by atoms with Gasteiger partial charge in [0.05, 0.1) is 11.4 Å². The molecule has 0 amide bonds. The lowest BCUT2D eigenvalue weighted by atomic mass is 10.1. The van der Waals surface area contributed by atoms with E-state index in [1.165, 1.54) is 69.4 Å². The molecule has 0 saturated carbocycles. The zero-order valence-corrected chi connectivity index (χ0v) is 19.2. The van der Waals surface area contributed by atoms with Gasteiger partial charge in [0, 0.05) is 48.4 Å². The van der Waals surface area contributed by atoms with Crippen LogP contribution in [0.1, 0.15) is 50.7 Å². The van der Waals surface area contributed by atoms with E-state index in [9.17, 15) is 0 Å². The van der Waals surface area contributed by atoms with Crippen LogP contribution in [0.25, 0.3) is 0 Å². The molecule has 2 aromatic rings. The van der Waals surface area contributed by atoms with E-state index >= 15 is 0 Å². The summed E-state index contributed by atoms with van der Waals surface area (Å²) in [6.07, 6.45) is 4.98. The maximum Gasteiger partial charge on any atom is 0.0557 e. The third kappa shape index (κ3) is 4.43. The van der Waals surface area contributed by atoms with Gasteiger partial charge in [0.15, 0.2) is 0 Å². The number of nitrogens with zero attached hydrogens (tertiary/aromatic N) is 2. The van der Waals surface area contributed by atoms with Crippen molar-refractivity contribution in [3.8, 4) is 0 Å². The number of benzene rings is 2. The van der Waals surface area contributed by atoms with Gasteiger partial charge >= 0.3 is 0 Å². The molecule has 0 atom stereocenters. The van der Waals surface area contributed by atoms with Crippen LogP contribution in [-0.2, 0) is 0 Å². The highest BCUT2D eigenvalue weighted by molar-refractivity contribution is 7.99. The number of hydrogen-bond donors (Lipinski definition) is 1. The number of aryl methyl sites for hydroxylation is 2. The second kappa shape index (κ2) is 9.13. The van der Waals surface area contributed by atoms with E-state index in [0.717, 1.165) is 13.1 Å². The molecule has 0 radical (unpaired) electrons. The molecule has 3 nitrogen and oxygen atoms in total. The smallest absolute Gasteiger partial charge is 0.0557 e. The zero-order chi connectivity index (χ0) is 20.3. The molecule has 2 aromatic carbocycles. The average Bonchev–Trinajstić information content (AvgIpc) is 2.66. The van der Waals surface area contributed by atoms with Crippen LogP contribution in [-0.4, -0.2) is 27.2 Å². The van der Waals surface area contributed by atoms with Crippen molar-refractivity contribution in [2.24, 2.45) is 0 Å². The van der Waals surface area contributed by atoms with Gasteiger partial charge in [-0.25, -0.2) is 0 Å². The van der Waals surface area contributed by atoms with Crippen molar-refractivity contribution >= 4 is 34.5 Å². The number of fused-ring (bicyclic) bond motifs is 2. The summed E-state index contributed by atoms with van der Waals surface area (Å²) in [5.74, 6) is 0. The van der Waals surface area contributed by atoms with Gasteiger partial charge in [0.25, 0.3) is 0 Å². The SMILES string of the molecule is CCCCN(CCCC)c1cc(C)c2c(c1)Sc1cc(N(C)C)cc(C)c1N2. The van der Waals surface area contributed by atoms with Gasteiger partial charge in [-0.1, -0.05) is 38.5 Å². The molecule has 0 fully saturated rings. The molecule has 0 unspecified atom stereocenters. The fraction of sp³-hybridized carbons (Fsp3) is 0.500. The second-order valence-corrected chi connectivity index (χ2v) is 9.17. The summed E-state index contributed by atoms with van der Waals surface area (Å²) >= 11 is 1.91. The van der Waals surface area contributed by atoms with Crippen LogP contribution in [0.2, 0.25) is 0 Å². The zero-order valence-electron chi connectivity index (χ0n) is 18.4. The third-order valence-electron chi connectivity index (χ3n) is 5.48. The predicted molar refractivity (Wildman–Crippen MR) is 126 cm³/mol. The van der Waals surface area contributed by atoms with Gasteiger partial charge < -0.3 is 15.1 Å². The molecule has 0 aliphatic carbocycles. The first kappa shape index (κ1) is 20.9. The largest absolute Gasteiger partial charge is 0.378 e.